The van der Waals surface area contributed by atoms with Crippen LogP contribution in [0.1, 0.15) is 26.3 Å². The van der Waals surface area contributed by atoms with Crippen molar-refractivity contribution in [3.05, 3.63) is 88.6 Å². The van der Waals surface area contributed by atoms with Crippen LogP contribution in [0.2, 0.25) is 0 Å². The largest absolute Gasteiger partial charge is 0.331 e. The summed E-state index contributed by atoms with van der Waals surface area (Å²) in [7, 11) is 0. The van der Waals surface area contributed by atoms with Gasteiger partial charge in [-0.05, 0) is 41.3 Å². The summed E-state index contributed by atoms with van der Waals surface area (Å²) in [4.78, 5) is 25.9. The van der Waals surface area contributed by atoms with Crippen LogP contribution in [-0.2, 0) is 16.8 Å². The molecule has 1 aromatic heterocycles. The highest BCUT2D eigenvalue weighted by Gasteiger charge is 2.19. The van der Waals surface area contributed by atoms with Gasteiger partial charge < -0.3 is 9.88 Å². The van der Waals surface area contributed by atoms with Crippen molar-refractivity contribution in [1.29, 1.82) is 0 Å². The average molecular weight is 384 g/mol. The van der Waals surface area contributed by atoms with Gasteiger partial charge in [0.1, 0.15) is 6.54 Å². The molecule has 1 amide bonds. The van der Waals surface area contributed by atoms with Crippen LogP contribution in [0, 0.1) is 0 Å². The molecule has 3 aromatic carbocycles. The minimum Gasteiger partial charge on any atom is -0.331 e. The maximum absolute atomic E-state index is 13.0. The minimum absolute atomic E-state index is 0.00839. The number of fused-ring (bicyclic) bond motifs is 2. The molecule has 0 unspecified atom stereocenters. The zero-order chi connectivity index (χ0) is 20.6. The summed E-state index contributed by atoms with van der Waals surface area (Å²) in [5, 5.41) is 4.31. The van der Waals surface area contributed by atoms with Crippen molar-refractivity contribution >= 4 is 33.4 Å². The lowest BCUT2D eigenvalue weighted by atomic mass is 9.86. The average Bonchev–Trinajstić information content (AvgIpc) is 2.71. The zero-order valence-corrected chi connectivity index (χ0v) is 16.9. The van der Waals surface area contributed by atoms with Crippen molar-refractivity contribution < 1.29 is 4.79 Å². The van der Waals surface area contributed by atoms with Crippen LogP contribution >= 0.6 is 0 Å². The summed E-state index contributed by atoms with van der Waals surface area (Å²) in [6, 6.07) is 22.8. The molecule has 0 saturated carbocycles. The van der Waals surface area contributed by atoms with Gasteiger partial charge in [0.25, 0.3) is 0 Å². The number of hydrogen-bond acceptors (Lipinski definition) is 2. The summed E-state index contributed by atoms with van der Waals surface area (Å²) in [5.41, 5.74) is 3.33. The number of carbonyl (C=O) groups is 1. The van der Waals surface area contributed by atoms with Crippen LogP contribution in [0.5, 0.6) is 0 Å². The minimum atomic E-state index is -0.124. The number of carbonyl (C=O) groups excluding carboxylic acids is 1. The molecule has 29 heavy (non-hydrogen) atoms. The molecule has 0 aliphatic carbocycles. The molecule has 146 valence electrons. The Balaban J connectivity index is 1.78. The number of pyridine rings is 1. The second-order valence-electron chi connectivity index (χ2n) is 8.29. The van der Waals surface area contributed by atoms with Crippen molar-refractivity contribution in [2.24, 2.45) is 0 Å². The van der Waals surface area contributed by atoms with E-state index < -0.39 is 0 Å². The smallest absolute Gasteiger partial charge is 0.244 e. The third kappa shape index (κ3) is 3.54. The van der Waals surface area contributed by atoms with Gasteiger partial charge in [0, 0.05) is 16.5 Å². The van der Waals surface area contributed by atoms with Gasteiger partial charge in [-0.3, -0.25) is 9.59 Å². The predicted molar refractivity (Wildman–Crippen MR) is 119 cm³/mol. The Morgan fingerprint density at radius 2 is 1.34 bits per heavy atom. The molecule has 0 spiro atoms. The monoisotopic (exact) mass is 384 g/mol. The first-order valence-corrected chi connectivity index (χ1v) is 9.76. The van der Waals surface area contributed by atoms with E-state index in [4.69, 9.17) is 0 Å². The summed E-state index contributed by atoms with van der Waals surface area (Å²) in [5.74, 6) is -0.124. The highest BCUT2D eigenvalue weighted by Crippen LogP contribution is 2.29. The molecule has 4 rings (SSSR count). The molecule has 1 N–H and O–H groups in total. The maximum atomic E-state index is 13.0. The maximum Gasteiger partial charge on any atom is 0.244 e. The van der Waals surface area contributed by atoms with E-state index in [-0.39, 0.29) is 23.3 Å². The number of para-hydroxylation sites is 3. The van der Waals surface area contributed by atoms with Gasteiger partial charge in [-0.25, -0.2) is 0 Å². The molecule has 0 saturated heterocycles. The first-order chi connectivity index (χ1) is 13.9. The Morgan fingerprint density at radius 1 is 0.828 bits per heavy atom. The Hall–Kier alpha value is -3.40. The van der Waals surface area contributed by atoms with E-state index in [0.717, 1.165) is 22.3 Å². The molecule has 4 aromatic rings. The molecule has 4 heteroatoms. The van der Waals surface area contributed by atoms with Gasteiger partial charge in [-0.2, -0.15) is 0 Å². The molecular weight excluding hydrogens is 360 g/mol. The van der Waals surface area contributed by atoms with Gasteiger partial charge in [-0.1, -0.05) is 63.2 Å². The Morgan fingerprint density at radius 3 is 1.93 bits per heavy atom. The third-order valence-electron chi connectivity index (χ3n) is 5.19. The first kappa shape index (κ1) is 18.9. The topological polar surface area (TPSA) is 51.1 Å². The van der Waals surface area contributed by atoms with Gasteiger partial charge >= 0.3 is 0 Å². The van der Waals surface area contributed by atoms with E-state index >= 15 is 0 Å². The quantitative estimate of drug-likeness (QED) is 0.500. The SMILES string of the molecule is CC(C)(C)c1ccccc1NC(=O)Cn1c2ccccc2c(=O)c2ccccc21. The molecule has 1 heterocycles. The molecule has 0 bridgehead atoms. The molecular formula is C25H24N2O2. The highest BCUT2D eigenvalue weighted by atomic mass is 16.2. The second kappa shape index (κ2) is 7.21. The van der Waals surface area contributed by atoms with E-state index in [1.54, 1.807) is 0 Å². The summed E-state index contributed by atoms with van der Waals surface area (Å²) in [6.07, 6.45) is 0. The highest BCUT2D eigenvalue weighted by molar-refractivity contribution is 5.97. The third-order valence-corrected chi connectivity index (χ3v) is 5.19. The predicted octanol–water partition coefficient (Wildman–Crippen LogP) is 5.09. The summed E-state index contributed by atoms with van der Waals surface area (Å²) >= 11 is 0. The van der Waals surface area contributed by atoms with E-state index in [0.29, 0.717) is 10.8 Å². The van der Waals surface area contributed by atoms with Crippen molar-refractivity contribution in [1.82, 2.24) is 4.57 Å². The molecule has 4 nitrogen and oxygen atoms in total. The number of aromatic nitrogens is 1. The molecule has 0 radical (unpaired) electrons. The number of rotatable bonds is 3. The van der Waals surface area contributed by atoms with E-state index in [1.165, 1.54) is 0 Å². The van der Waals surface area contributed by atoms with Crippen LogP contribution in [0.3, 0.4) is 0 Å². The molecule has 0 fully saturated rings. The van der Waals surface area contributed by atoms with Crippen LogP contribution in [0.4, 0.5) is 5.69 Å². The summed E-state index contributed by atoms with van der Waals surface area (Å²) < 4.78 is 1.92. The van der Waals surface area contributed by atoms with Crippen LogP contribution in [-0.4, -0.2) is 10.5 Å². The summed E-state index contributed by atoms with van der Waals surface area (Å²) in [6.45, 7) is 6.50. The van der Waals surface area contributed by atoms with Crippen LogP contribution < -0.4 is 10.7 Å². The Kier molecular flexibility index (Phi) is 4.71. The molecule has 0 aliphatic rings. The van der Waals surface area contributed by atoms with Crippen molar-refractivity contribution in [2.45, 2.75) is 32.7 Å². The van der Waals surface area contributed by atoms with Crippen molar-refractivity contribution in [2.75, 3.05) is 5.32 Å². The van der Waals surface area contributed by atoms with Crippen LogP contribution in [0.15, 0.2) is 77.6 Å². The van der Waals surface area contributed by atoms with Gasteiger partial charge in [0.05, 0.1) is 11.0 Å². The van der Waals surface area contributed by atoms with Gasteiger partial charge in [0.15, 0.2) is 5.43 Å². The zero-order valence-electron chi connectivity index (χ0n) is 16.9. The van der Waals surface area contributed by atoms with Crippen LogP contribution in [0.25, 0.3) is 21.8 Å². The number of nitrogens with zero attached hydrogens (tertiary/aromatic N) is 1. The fourth-order valence-electron chi connectivity index (χ4n) is 3.83. The van der Waals surface area contributed by atoms with E-state index in [1.807, 2.05) is 77.4 Å². The number of benzene rings is 3. The lowest BCUT2D eigenvalue weighted by molar-refractivity contribution is -0.116. The number of anilines is 1. The molecule has 0 atom stereocenters. The molecule has 0 aliphatic heterocycles. The standard InChI is InChI=1S/C25H24N2O2/c1-25(2,3)19-12-6-7-13-20(19)26-23(28)16-27-21-14-8-4-10-17(21)24(29)18-11-5-9-15-22(18)27/h4-15H,16H2,1-3H3,(H,26,28). The van der Waals surface area contributed by atoms with E-state index in [9.17, 15) is 9.59 Å². The fourth-order valence-corrected chi connectivity index (χ4v) is 3.83. The van der Waals surface area contributed by atoms with Gasteiger partial charge in [0.2, 0.25) is 5.91 Å². The number of hydrogen-bond donors (Lipinski definition) is 1. The fraction of sp³-hybridized carbons (Fsp3) is 0.200. The van der Waals surface area contributed by atoms with Gasteiger partial charge in [-0.15, -0.1) is 0 Å². The Labute approximate surface area is 169 Å². The first-order valence-electron chi connectivity index (χ1n) is 9.76. The normalized spacial score (nSPS) is 11.7. The van der Waals surface area contributed by atoms with E-state index in [2.05, 4.69) is 26.1 Å². The lowest BCUT2D eigenvalue weighted by Gasteiger charge is -2.23. The van der Waals surface area contributed by atoms with Crippen molar-refractivity contribution in [3.63, 3.8) is 0 Å². The van der Waals surface area contributed by atoms with Crippen molar-refractivity contribution in [3.8, 4) is 0 Å². The number of amides is 1. The lowest BCUT2D eigenvalue weighted by Crippen LogP contribution is -2.23. The Bertz CT molecular complexity index is 1220. The number of nitrogens with one attached hydrogen (secondary N) is 1. The second-order valence-corrected chi connectivity index (χ2v) is 8.29.